The number of rotatable bonds is 1. The number of piperidine rings is 1. The molecule has 0 unspecified atom stereocenters. The molecule has 2 rings (SSSR count). The fourth-order valence-electron chi connectivity index (χ4n) is 2.20. The van der Waals surface area contributed by atoms with Gasteiger partial charge in [0.2, 0.25) is 0 Å². The van der Waals surface area contributed by atoms with Crippen molar-refractivity contribution in [3.63, 3.8) is 0 Å². The van der Waals surface area contributed by atoms with E-state index in [0.29, 0.717) is 6.04 Å². The van der Waals surface area contributed by atoms with Gasteiger partial charge >= 0.3 is 6.09 Å². The standard InChI is InChI=1S/C11H18N2O2/c1-9(2)13-7-4-11(5-8-13)3-6-12-10(14)15-11/h3,6,9H,4-5,7-8H2,1-2H3,(H,12,14). The van der Waals surface area contributed by atoms with Gasteiger partial charge in [-0.25, -0.2) is 4.79 Å². The van der Waals surface area contributed by atoms with E-state index in [0.717, 1.165) is 25.9 Å². The number of amides is 1. The Morgan fingerprint density at radius 3 is 2.67 bits per heavy atom. The Labute approximate surface area is 90.3 Å². The molecular weight excluding hydrogens is 192 g/mol. The Morgan fingerprint density at radius 2 is 2.13 bits per heavy atom. The number of likely N-dealkylation sites (tertiary alicyclic amines) is 1. The summed E-state index contributed by atoms with van der Waals surface area (Å²) in [6.07, 6.45) is 5.16. The van der Waals surface area contributed by atoms with Crippen LogP contribution in [0, 0.1) is 0 Å². The molecule has 1 N–H and O–H groups in total. The lowest BCUT2D eigenvalue weighted by Gasteiger charge is -2.41. The van der Waals surface area contributed by atoms with Crippen LogP contribution >= 0.6 is 0 Å². The summed E-state index contributed by atoms with van der Waals surface area (Å²) in [4.78, 5) is 13.6. The molecule has 0 aromatic heterocycles. The van der Waals surface area contributed by atoms with Crippen molar-refractivity contribution in [1.82, 2.24) is 10.2 Å². The second-order valence-corrected chi connectivity index (χ2v) is 4.56. The Bertz CT molecular complexity index is 278. The van der Waals surface area contributed by atoms with Crippen molar-refractivity contribution in [3.05, 3.63) is 12.3 Å². The Balaban J connectivity index is 2.00. The lowest BCUT2D eigenvalue weighted by molar-refractivity contribution is -0.0113. The van der Waals surface area contributed by atoms with Crippen LogP contribution in [-0.4, -0.2) is 35.7 Å². The summed E-state index contributed by atoms with van der Waals surface area (Å²) >= 11 is 0. The molecule has 2 aliphatic heterocycles. The van der Waals surface area contributed by atoms with Crippen molar-refractivity contribution in [3.8, 4) is 0 Å². The van der Waals surface area contributed by atoms with Gasteiger partial charge in [-0.05, 0) is 19.9 Å². The minimum absolute atomic E-state index is 0.324. The first-order valence-corrected chi connectivity index (χ1v) is 5.53. The molecule has 2 heterocycles. The average molecular weight is 210 g/mol. The summed E-state index contributed by atoms with van der Waals surface area (Å²) in [5, 5.41) is 2.53. The number of ether oxygens (including phenoxy) is 1. The average Bonchev–Trinajstić information content (AvgIpc) is 2.18. The molecule has 0 aliphatic carbocycles. The molecule has 15 heavy (non-hydrogen) atoms. The fourth-order valence-corrected chi connectivity index (χ4v) is 2.20. The first-order valence-electron chi connectivity index (χ1n) is 5.53. The van der Waals surface area contributed by atoms with Crippen LogP contribution in [0.1, 0.15) is 26.7 Å². The molecule has 2 aliphatic rings. The Kier molecular flexibility index (Phi) is 2.69. The van der Waals surface area contributed by atoms with Gasteiger partial charge in [0.15, 0.2) is 0 Å². The van der Waals surface area contributed by atoms with Crippen LogP contribution in [0.2, 0.25) is 0 Å². The summed E-state index contributed by atoms with van der Waals surface area (Å²) in [7, 11) is 0. The van der Waals surface area contributed by atoms with Gasteiger partial charge in [0.05, 0.1) is 0 Å². The maximum Gasteiger partial charge on any atom is 0.412 e. The van der Waals surface area contributed by atoms with Crippen LogP contribution in [0.25, 0.3) is 0 Å². The molecule has 0 saturated carbocycles. The predicted octanol–water partition coefficient (Wildman–Crippen LogP) is 1.48. The second-order valence-electron chi connectivity index (χ2n) is 4.56. The third kappa shape index (κ3) is 2.15. The normalized spacial score (nSPS) is 25.4. The molecule has 1 spiro atoms. The lowest BCUT2D eigenvalue weighted by Crippen LogP contribution is -2.50. The molecule has 1 saturated heterocycles. The van der Waals surface area contributed by atoms with Crippen LogP contribution < -0.4 is 5.32 Å². The predicted molar refractivity (Wildman–Crippen MR) is 57.4 cm³/mol. The van der Waals surface area contributed by atoms with Crippen molar-refractivity contribution in [2.24, 2.45) is 0 Å². The lowest BCUT2D eigenvalue weighted by atomic mass is 9.90. The topological polar surface area (TPSA) is 41.6 Å². The van der Waals surface area contributed by atoms with E-state index in [1.54, 1.807) is 6.20 Å². The maximum absolute atomic E-state index is 11.2. The maximum atomic E-state index is 11.2. The minimum Gasteiger partial charge on any atom is -0.438 e. The number of hydrogen-bond acceptors (Lipinski definition) is 3. The minimum atomic E-state index is -0.340. The van der Waals surface area contributed by atoms with Crippen LogP contribution in [-0.2, 0) is 4.74 Å². The number of carbonyl (C=O) groups excluding carboxylic acids is 1. The van der Waals surface area contributed by atoms with Crippen molar-refractivity contribution in [2.75, 3.05) is 13.1 Å². The summed E-state index contributed by atoms with van der Waals surface area (Å²) in [6.45, 7) is 6.38. The zero-order valence-electron chi connectivity index (χ0n) is 9.32. The Morgan fingerprint density at radius 1 is 1.47 bits per heavy atom. The molecule has 0 aromatic rings. The molecule has 1 fully saturated rings. The van der Waals surface area contributed by atoms with E-state index in [9.17, 15) is 4.79 Å². The van der Waals surface area contributed by atoms with E-state index in [1.165, 1.54) is 0 Å². The van der Waals surface area contributed by atoms with E-state index in [2.05, 4.69) is 24.1 Å². The summed E-state index contributed by atoms with van der Waals surface area (Å²) < 4.78 is 5.38. The monoisotopic (exact) mass is 210 g/mol. The van der Waals surface area contributed by atoms with Crippen molar-refractivity contribution < 1.29 is 9.53 Å². The van der Waals surface area contributed by atoms with E-state index in [1.807, 2.05) is 6.08 Å². The van der Waals surface area contributed by atoms with Crippen LogP contribution in [0.4, 0.5) is 4.79 Å². The van der Waals surface area contributed by atoms with Crippen LogP contribution in [0.3, 0.4) is 0 Å². The number of nitrogens with zero attached hydrogens (tertiary/aromatic N) is 1. The van der Waals surface area contributed by atoms with Gasteiger partial charge in [-0.2, -0.15) is 0 Å². The van der Waals surface area contributed by atoms with Gasteiger partial charge in [0, 0.05) is 38.2 Å². The summed E-state index contributed by atoms with van der Waals surface area (Å²) in [5.41, 5.74) is -0.340. The second kappa shape index (κ2) is 3.85. The quantitative estimate of drug-likeness (QED) is 0.712. The third-order valence-electron chi connectivity index (χ3n) is 3.26. The third-order valence-corrected chi connectivity index (χ3v) is 3.26. The molecule has 0 atom stereocenters. The fraction of sp³-hybridized carbons (Fsp3) is 0.727. The van der Waals surface area contributed by atoms with Gasteiger partial charge < -0.3 is 9.64 Å². The number of carbonyl (C=O) groups is 1. The zero-order valence-corrected chi connectivity index (χ0v) is 9.32. The summed E-state index contributed by atoms with van der Waals surface area (Å²) in [5.74, 6) is 0. The van der Waals surface area contributed by atoms with E-state index in [-0.39, 0.29) is 11.7 Å². The molecule has 0 radical (unpaired) electrons. The van der Waals surface area contributed by atoms with E-state index in [4.69, 9.17) is 4.74 Å². The molecular formula is C11H18N2O2. The van der Waals surface area contributed by atoms with Gasteiger partial charge in [0.1, 0.15) is 5.60 Å². The molecule has 4 nitrogen and oxygen atoms in total. The van der Waals surface area contributed by atoms with Crippen LogP contribution in [0.15, 0.2) is 12.3 Å². The summed E-state index contributed by atoms with van der Waals surface area (Å²) in [6, 6.07) is 0.573. The molecule has 1 amide bonds. The van der Waals surface area contributed by atoms with E-state index < -0.39 is 0 Å². The first kappa shape index (κ1) is 10.5. The largest absolute Gasteiger partial charge is 0.438 e. The highest BCUT2D eigenvalue weighted by atomic mass is 16.6. The molecule has 0 bridgehead atoms. The zero-order chi connectivity index (χ0) is 10.9. The highest BCUT2D eigenvalue weighted by molar-refractivity contribution is 5.70. The smallest absolute Gasteiger partial charge is 0.412 e. The Hall–Kier alpha value is -1.03. The van der Waals surface area contributed by atoms with Crippen molar-refractivity contribution in [1.29, 1.82) is 0 Å². The van der Waals surface area contributed by atoms with Gasteiger partial charge in [-0.15, -0.1) is 0 Å². The first-order chi connectivity index (χ1) is 7.11. The number of nitrogens with one attached hydrogen (secondary N) is 1. The van der Waals surface area contributed by atoms with Crippen molar-refractivity contribution in [2.45, 2.75) is 38.3 Å². The van der Waals surface area contributed by atoms with Crippen molar-refractivity contribution >= 4 is 6.09 Å². The van der Waals surface area contributed by atoms with E-state index >= 15 is 0 Å². The van der Waals surface area contributed by atoms with Gasteiger partial charge in [-0.1, -0.05) is 0 Å². The van der Waals surface area contributed by atoms with Crippen LogP contribution in [0.5, 0.6) is 0 Å². The van der Waals surface area contributed by atoms with Gasteiger partial charge in [0.25, 0.3) is 0 Å². The highest BCUT2D eigenvalue weighted by Gasteiger charge is 2.38. The molecule has 84 valence electrons. The molecule has 0 aromatic carbocycles. The SMILES string of the molecule is CC(C)N1CCC2(C=CNC(=O)O2)CC1. The number of hydrogen-bond donors (Lipinski definition) is 1. The number of alkyl carbamates (subject to hydrolysis) is 1. The molecule has 4 heteroatoms. The van der Waals surface area contributed by atoms with Gasteiger partial charge in [-0.3, -0.25) is 5.32 Å². The highest BCUT2D eigenvalue weighted by Crippen LogP contribution is 2.30.